The number of hydrogen-bond acceptors (Lipinski definition) is 4. The van der Waals surface area contributed by atoms with Crippen molar-refractivity contribution < 1.29 is 4.74 Å². The molecule has 0 fully saturated rings. The van der Waals surface area contributed by atoms with Crippen LogP contribution in [-0.4, -0.2) is 31.3 Å². The molecule has 0 amide bonds. The highest BCUT2D eigenvalue weighted by Gasteiger charge is 2.00. The summed E-state index contributed by atoms with van der Waals surface area (Å²) in [4.78, 5) is 4.16. The van der Waals surface area contributed by atoms with Crippen molar-refractivity contribution in [2.75, 3.05) is 31.6 Å². The number of anilines is 1. The monoisotopic (exact) mass is 307 g/mol. The first-order valence-electron chi connectivity index (χ1n) is 5.06. The number of pyridine rings is 1. The van der Waals surface area contributed by atoms with Crippen LogP contribution in [0.15, 0.2) is 16.7 Å². The van der Waals surface area contributed by atoms with Crippen LogP contribution in [0.1, 0.15) is 6.42 Å². The maximum absolute atomic E-state index is 5.78. The predicted octanol–water partition coefficient (Wildman–Crippen LogP) is 2.27. The Balaban J connectivity index is 2.21. The van der Waals surface area contributed by atoms with Crippen LogP contribution < -0.4 is 11.1 Å². The highest BCUT2D eigenvalue weighted by molar-refractivity contribution is 9.10. The molecule has 1 aromatic rings. The van der Waals surface area contributed by atoms with E-state index < -0.39 is 0 Å². The number of ether oxygens (including phenoxy) is 1. The van der Waals surface area contributed by atoms with E-state index in [1.807, 2.05) is 6.07 Å². The normalized spacial score (nSPS) is 10.4. The lowest BCUT2D eigenvalue weighted by molar-refractivity contribution is 0.141. The lowest BCUT2D eigenvalue weighted by Gasteiger charge is -2.07. The first kappa shape index (κ1) is 13.7. The molecule has 0 radical (unpaired) electrons. The Bertz CT molecular complexity index is 325. The Morgan fingerprint density at radius 2 is 2.31 bits per heavy atom. The molecule has 0 aromatic carbocycles. The van der Waals surface area contributed by atoms with E-state index in [0.29, 0.717) is 24.8 Å². The van der Waals surface area contributed by atoms with Gasteiger partial charge in [-0.1, -0.05) is 11.6 Å². The number of rotatable bonds is 7. The van der Waals surface area contributed by atoms with Gasteiger partial charge in [0.05, 0.1) is 16.1 Å². The third kappa shape index (κ3) is 5.12. The van der Waals surface area contributed by atoms with Crippen LogP contribution in [0.5, 0.6) is 0 Å². The second-order valence-corrected chi connectivity index (χ2v) is 4.46. The Morgan fingerprint density at radius 3 is 3.00 bits per heavy atom. The zero-order chi connectivity index (χ0) is 11.8. The van der Waals surface area contributed by atoms with Crippen LogP contribution in [-0.2, 0) is 4.74 Å². The van der Waals surface area contributed by atoms with Gasteiger partial charge >= 0.3 is 0 Å². The molecule has 90 valence electrons. The molecule has 0 saturated heterocycles. The van der Waals surface area contributed by atoms with Gasteiger partial charge in [0.1, 0.15) is 5.82 Å². The molecular formula is C10H15BrClN3O. The van der Waals surface area contributed by atoms with Gasteiger partial charge in [0.15, 0.2) is 0 Å². The number of nitrogens with one attached hydrogen (secondary N) is 1. The summed E-state index contributed by atoms with van der Waals surface area (Å²) >= 11 is 9.17. The van der Waals surface area contributed by atoms with Gasteiger partial charge in [-0.25, -0.2) is 4.98 Å². The van der Waals surface area contributed by atoms with Gasteiger partial charge in [-0.15, -0.1) is 0 Å². The molecule has 0 saturated carbocycles. The van der Waals surface area contributed by atoms with E-state index in [2.05, 4.69) is 26.2 Å². The summed E-state index contributed by atoms with van der Waals surface area (Å²) in [6.07, 6.45) is 2.52. The summed E-state index contributed by atoms with van der Waals surface area (Å²) in [7, 11) is 0. The number of aromatic nitrogens is 1. The van der Waals surface area contributed by atoms with Crippen molar-refractivity contribution in [3.63, 3.8) is 0 Å². The first-order chi connectivity index (χ1) is 7.74. The van der Waals surface area contributed by atoms with Crippen LogP contribution in [0.2, 0.25) is 5.02 Å². The molecule has 0 atom stereocenters. The molecule has 0 bridgehead atoms. The smallest absolute Gasteiger partial charge is 0.140 e. The number of nitrogens with two attached hydrogens (primary N) is 1. The van der Waals surface area contributed by atoms with Gasteiger partial charge in [0.2, 0.25) is 0 Å². The van der Waals surface area contributed by atoms with Gasteiger partial charge < -0.3 is 15.8 Å². The van der Waals surface area contributed by atoms with E-state index >= 15 is 0 Å². The molecule has 1 heterocycles. The Hall–Kier alpha value is -0.360. The van der Waals surface area contributed by atoms with E-state index in [0.717, 1.165) is 23.3 Å². The lowest BCUT2D eigenvalue weighted by Crippen LogP contribution is -2.11. The average molecular weight is 309 g/mol. The van der Waals surface area contributed by atoms with Crippen molar-refractivity contribution in [1.82, 2.24) is 4.98 Å². The van der Waals surface area contributed by atoms with Gasteiger partial charge in [-0.05, 0) is 28.4 Å². The third-order valence-electron chi connectivity index (χ3n) is 1.83. The van der Waals surface area contributed by atoms with Crippen LogP contribution in [0.25, 0.3) is 0 Å². The number of halogens is 2. The van der Waals surface area contributed by atoms with E-state index in [1.165, 1.54) is 0 Å². The van der Waals surface area contributed by atoms with Crippen LogP contribution >= 0.6 is 27.5 Å². The molecule has 3 N–H and O–H groups in total. The third-order valence-corrected chi connectivity index (χ3v) is 2.64. The highest BCUT2D eigenvalue weighted by Crippen LogP contribution is 2.22. The molecule has 1 rings (SSSR count). The topological polar surface area (TPSA) is 60.2 Å². The summed E-state index contributed by atoms with van der Waals surface area (Å²) in [6.45, 7) is 2.69. The fourth-order valence-electron chi connectivity index (χ4n) is 1.11. The number of hydrogen-bond donors (Lipinski definition) is 2. The van der Waals surface area contributed by atoms with Gasteiger partial charge in [0, 0.05) is 25.9 Å². The summed E-state index contributed by atoms with van der Waals surface area (Å²) in [5, 5.41) is 3.80. The van der Waals surface area contributed by atoms with Crippen LogP contribution in [0.4, 0.5) is 5.82 Å². The first-order valence-corrected chi connectivity index (χ1v) is 6.24. The molecule has 0 aliphatic heterocycles. The Morgan fingerprint density at radius 1 is 1.50 bits per heavy atom. The second kappa shape index (κ2) is 7.84. The molecule has 6 heteroatoms. The maximum atomic E-state index is 5.78. The quantitative estimate of drug-likeness (QED) is 0.759. The van der Waals surface area contributed by atoms with Crippen molar-refractivity contribution in [3.8, 4) is 0 Å². The maximum Gasteiger partial charge on any atom is 0.140 e. The SMILES string of the molecule is NCCOCCCNc1ncc(Cl)cc1Br. The fraction of sp³-hybridized carbons (Fsp3) is 0.500. The predicted molar refractivity (Wildman–Crippen MR) is 69.9 cm³/mol. The lowest BCUT2D eigenvalue weighted by atomic mass is 10.4. The van der Waals surface area contributed by atoms with Crippen molar-refractivity contribution in [3.05, 3.63) is 21.8 Å². The molecule has 4 nitrogen and oxygen atoms in total. The minimum atomic E-state index is 0.567. The van der Waals surface area contributed by atoms with Crippen molar-refractivity contribution in [2.45, 2.75) is 6.42 Å². The van der Waals surface area contributed by atoms with Gasteiger partial charge in [-0.3, -0.25) is 0 Å². The largest absolute Gasteiger partial charge is 0.380 e. The van der Waals surface area contributed by atoms with Crippen molar-refractivity contribution >= 4 is 33.3 Å². The van der Waals surface area contributed by atoms with Crippen LogP contribution in [0, 0.1) is 0 Å². The average Bonchev–Trinajstić information content (AvgIpc) is 2.26. The Kier molecular flexibility index (Phi) is 6.71. The summed E-state index contributed by atoms with van der Waals surface area (Å²) in [5.41, 5.74) is 5.30. The molecule has 16 heavy (non-hydrogen) atoms. The molecule has 0 spiro atoms. The zero-order valence-electron chi connectivity index (χ0n) is 8.88. The van der Waals surface area contributed by atoms with E-state index in [4.69, 9.17) is 22.1 Å². The summed E-state index contributed by atoms with van der Waals surface area (Å²) in [6, 6.07) is 1.81. The van der Waals surface area contributed by atoms with Crippen LogP contribution in [0.3, 0.4) is 0 Å². The molecule has 0 unspecified atom stereocenters. The van der Waals surface area contributed by atoms with E-state index in [-0.39, 0.29) is 0 Å². The molecular weight excluding hydrogens is 293 g/mol. The van der Waals surface area contributed by atoms with E-state index in [9.17, 15) is 0 Å². The van der Waals surface area contributed by atoms with Gasteiger partial charge in [-0.2, -0.15) is 0 Å². The molecule has 1 aromatic heterocycles. The fourth-order valence-corrected chi connectivity index (χ4v) is 1.89. The standard InChI is InChI=1S/C10H15BrClN3O/c11-9-6-8(12)7-15-10(9)14-3-1-4-16-5-2-13/h6-7H,1-5,13H2,(H,14,15). The Labute approximate surface area is 109 Å². The molecule has 0 aliphatic rings. The molecule has 0 aliphatic carbocycles. The van der Waals surface area contributed by atoms with Gasteiger partial charge in [0.25, 0.3) is 0 Å². The minimum Gasteiger partial charge on any atom is -0.380 e. The van der Waals surface area contributed by atoms with E-state index in [1.54, 1.807) is 6.20 Å². The number of nitrogens with zero attached hydrogens (tertiary/aromatic N) is 1. The van der Waals surface area contributed by atoms with Crippen molar-refractivity contribution in [2.24, 2.45) is 5.73 Å². The summed E-state index contributed by atoms with van der Waals surface area (Å²) in [5.74, 6) is 0.795. The second-order valence-electron chi connectivity index (χ2n) is 3.17. The zero-order valence-corrected chi connectivity index (χ0v) is 11.2. The highest BCUT2D eigenvalue weighted by atomic mass is 79.9. The summed E-state index contributed by atoms with van der Waals surface area (Å²) < 4.78 is 6.12. The van der Waals surface area contributed by atoms with Crippen molar-refractivity contribution in [1.29, 1.82) is 0 Å². The minimum absolute atomic E-state index is 0.567.